The van der Waals surface area contributed by atoms with E-state index >= 15 is 0 Å². The van der Waals surface area contributed by atoms with Gasteiger partial charge in [0.15, 0.2) is 32.1 Å². The molecular formula is C26H20N2O12S2. The largest absolute Gasteiger partial charge is 0.495 e. The molecule has 0 fully saturated rings. The number of hydrogen-bond donors (Lipinski definition) is 2. The lowest BCUT2D eigenvalue weighted by molar-refractivity contribution is 0.422. The number of benzene rings is 2. The van der Waals surface area contributed by atoms with Crippen molar-refractivity contribution in [2.45, 2.75) is 9.79 Å². The quantitative estimate of drug-likeness (QED) is 0.178. The highest BCUT2D eigenvalue weighted by molar-refractivity contribution is 7.90. The monoisotopic (exact) mass is 616 g/mol. The van der Waals surface area contributed by atoms with E-state index in [-0.39, 0.29) is 44.6 Å². The first-order valence-corrected chi connectivity index (χ1v) is 15.1. The van der Waals surface area contributed by atoms with Gasteiger partial charge in [-0.15, -0.1) is 0 Å². The molecule has 4 aromatic heterocycles. The summed E-state index contributed by atoms with van der Waals surface area (Å²) in [4.78, 5) is 23.1. The Hall–Kier alpha value is -4.64. The summed E-state index contributed by atoms with van der Waals surface area (Å²) in [5.74, 6) is 0.485. The minimum atomic E-state index is -4.44. The summed E-state index contributed by atoms with van der Waals surface area (Å²) >= 11 is 0. The second-order valence-electron chi connectivity index (χ2n) is 8.84. The van der Waals surface area contributed by atoms with Crippen LogP contribution in [0.4, 0.5) is 0 Å². The Balaban J connectivity index is 1.34. The number of nitrogens with one attached hydrogen (secondary N) is 2. The molecular weight excluding hydrogens is 596 g/mol. The van der Waals surface area contributed by atoms with Crippen molar-refractivity contribution in [3.05, 3.63) is 69.8 Å². The van der Waals surface area contributed by atoms with Gasteiger partial charge in [0.05, 0.1) is 48.3 Å². The lowest BCUT2D eigenvalue weighted by Crippen LogP contribution is -2.35. The third kappa shape index (κ3) is 4.32. The summed E-state index contributed by atoms with van der Waals surface area (Å²) in [6.07, 6.45) is 2.51. The molecule has 218 valence electrons. The first-order valence-electron chi connectivity index (χ1n) is 12.1. The molecule has 2 aromatic carbocycles. The molecule has 0 aliphatic carbocycles. The Morgan fingerprint density at radius 1 is 0.595 bits per heavy atom. The summed E-state index contributed by atoms with van der Waals surface area (Å²) < 4.78 is 90.5. The van der Waals surface area contributed by atoms with Crippen LogP contribution in [0.25, 0.3) is 43.9 Å². The van der Waals surface area contributed by atoms with Gasteiger partial charge in [-0.1, -0.05) is 0 Å². The lowest BCUT2D eigenvalue weighted by atomic mass is 10.1. The molecule has 0 bridgehead atoms. The van der Waals surface area contributed by atoms with Gasteiger partial charge in [0.1, 0.15) is 11.5 Å². The lowest BCUT2D eigenvalue weighted by Gasteiger charge is -2.14. The predicted octanol–water partition coefficient (Wildman–Crippen LogP) is 2.67. The van der Waals surface area contributed by atoms with Gasteiger partial charge in [-0.25, -0.2) is 35.9 Å². The highest BCUT2D eigenvalue weighted by atomic mass is 32.2. The molecule has 0 unspecified atom stereocenters. The van der Waals surface area contributed by atoms with Crippen LogP contribution in [0.1, 0.15) is 0 Å². The number of methoxy groups -OCH3 is 2. The summed E-state index contributed by atoms with van der Waals surface area (Å²) in [6, 6.07) is 7.98. The molecule has 0 amide bonds. The zero-order valence-corrected chi connectivity index (χ0v) is 23.4. The van der Waals surface area contributed by atoms with Gasteiger partial charge in [0, 0.05) is 25.2 Å². The predicted molar refractivity (Wildman–Crippen MR) is 148 cm³/mol. The molecule has 0 aliphatic rings. The van der Waals surface area contributed by atoms with Crippen LogP contribution < -0.4 is 30.2 Å². The molecule has 42 heavy (non-hydrogen) atoms. The molecule has 4 heterocycles. The van der Waals surface area contributed by atoms with E-state index in [1.165, 1.54) is 51.0 Å². The van der Waals surface area contributed by atoms with Crippen molar-refractivity contribution in [2.75, 3.05) is 27.3 Å². The molecule has 0 radical (unpaired) electrons. The topological polar surface area (TPSA) is 197 Å². The molecule has 0 saturated carbocycles. The maximum atomic E-state index is 13.5. The number of rotatable bonds is 9. The fourth-order valence-electron chi connectivity index (χ4n) is 4.80. The van der Waals surface area contributed by atoms with Crippen LogP contribution in [0.15, 0.2) is 86.0 Å². The van der Waals surface area contributed by atoms with Gasteiger partial charge >= 0.3 is 11.3 Å². The van der Waals surface area contributed by atoms with Crippen molar-refractivity contribution in [1.82, 2.24) is 9.44 Å². The van der Waals surface area contributed by atoms with Crippen molar-refractivity contribution in [3.8, 4) is 11.5 Å². The molecule has 0 spiro atoms. The van der Waals surface area contributed by atoms with Crippen molar-refractivity contribution >= 4 is 63.9 Å². The Morgan fingerprint density at radius 2 is 0.976 bits per heavy atom. The summed E-state index contributed by atoms with van der Waals surface area (Å²) in [7, 11) is -6.14. The first kappa shape index (κ1) is 27.5. The van der Waals surface area contributed by atoms with Gasteiger partial charge in [0.25, 0.3) is 0 Å². The minimum Gasteiger partial charge on any atom is -0.495 e. The zero-order chi connectivity index (χ0) is 29.8. The smallest absolute Gasteiger partial charge is 0.336 e. The molecule has 6 aromatic rings. The van der Waals surface area contributed by atoms with Crippen LogP contribution >= 0.6 is 0 Å². The van der Waals surface area contributed by atoms with E-state index in [9.17, 15) is 26.4 Å². The van der Waals surface area contributed by atoms with Gasteiger partial charge in [-0.2, -0.15) is 0 Å². The van der Waals surface area contributed by atoms with Gasteiger partial charge in [-0.3, -0.25) is 0 Å². The number of furan rings is 2. The van der Waals surface area contributed by atoms with E-state index in [1.54, 1.807) is 0 Å². The fraction of sp³-hybridized carbons (Fsp3) is 0.154. The Kier molecular flexibility index (Phi) is 6.57. The SMILES string of the molecule is COc1c2ccoc2c(S(=O)(=O)NCCNS(=O)(=O)c2c3occc3c(OC)c3ccc(=O)oc23)c2oc(=O)ccc12. The second-order valence-corrected chi connectivity index (χ2v) is 12.2. The van der Waals surface area contributed by atoms with Crippen molar-refractivity contribution in [3.63, 3.8) is 0 Å². The maximum Gasteiger partial charge on any atom is 0.336 e. The van der Waals surface area contributed by atoms with Crippen LogP contribution in [0.2, 0.25) is 0 Å². The van der Waals surface area contributed by atoms with Crippen LogP contribution in [0.3, 0.4) is 0 Å². The molecule has 14 nitrogen and oxygen atoms in total. The Morgan fingerprint density at radius 3 is 1.36 bits per heavy atom. The molecule has 0 atom stereocenters. The number of hydrogen-bond acceptors (Lipinski definition) is 12. The first-order chi connectivity index (χ1) is 20.1. The summed E-state index contributed by atoms with van der Waals surface area (Å²) in [5.41, 5.74) is -2.45. The maximum absolute atomic E-state index is 13.5. The average molecular weight is 617 g/mol. The Labute approximate surface area is 235 Å². The van der Waals surface area contributed by atoms with E-state index in [2.05, 4.69) is 9.44 Å². The Bertz CT molecular complexity index is 2200. The summed E-state index contributed by atoms with van der Waals surface area (Å²) in [5, 5.41) is 1.05. The molecule has 16 heteroatoms. The second kappa shape index (κ2) is 10.0. The van der Waals surface area contributed by atoms with Crippen LogP contribution in [-0.4, -0.2) is 44.1 Å². The molecule has 0 saturated heterocycles. The normalized spacial score (nSPS) is 12.5. The highest BCUT2D eigenvalue weighted by Crippen LogP contribution is 2.41. The van der Waals surface area contributed by atoms with Crippen LogP contribution in [-0.2, 0) is 20.0 Å². The van der Waals surface area contributed by atoms with Crippen molar-refractivity contribution < 1.29 is 44.0 Å². The van der Waals surface area contributed by atoms with E-state index in [1.807, 2.05) is 0 Å². The van der Waals surface area contributed by atoms with E-state index in [4.69, 9.17) is 27.1 Å². The standard InChI is InChI=1S/C26H20N2O12S2/c1-35-19-13-3-5-17(29)39-23(13)25(21-15(19)7-11-37-21)41(31,32)27-9-10-28-42(33,34)26-22-16(8-12-38-22)20(36-2)14-4-6-18(30)40-24(14)26/h3-8,11-12,27-28H,9-10H2,1-2H3. The molecule has 0 aliphatic heterocycles. The highest BCUT2D eigenvalue weighted by Gasteiger charge is 2.31. The molecule has 6 rings (SSSR count). The van der Waals surface area contributed by atoms with E-state index in [0.29, 0.717) is 10.8 Å². The van der Waals surface area contributed by atoms with E-state index < -0.39 is 54.2 Å². The number of ether oxygens (including phenoxy) is 2. The van der Waals surface area contributed by atoms with Gasteiger partial charge < -0.3 is 27.1 Å². The minimum absolute atomic E-state index is 0.123. The summed E-state index contributed by atoms with van der Waals surface area (Å²) in [6.45, 7) is -0.874. The number of fused-ring (bicyclic) bond motifs is 4. The van der Waals surface area contributed by atoms with Crippen molar-refractivity contribution in [2.24, 2.45) is 0 Å². The van der Waals surface area contributed by atoms with Crippen molar-refractivity contribution in [1.29, 1.82) is 0 Å². The van der Waals surface area contributed by atoms with Gasteiger partial charge in [-0.05, 0) is 24.3 Å². The average Bonchev–Trinajstić information content (AvgIpc) is 3.62. The zero-order valence-electron chi connectivity index (χ0n) is 21.7. The van der Waals surface area contributed by atoms with Crippen LogP contribution in [0.5, 0.6) is 11.5 Å². The molecule has 2 N–H and O–H groups in total. The van der Waals surface area contributed by atoms with Gasteiger partial charge in [0.2, 0.25) is 20.0 Å². The number of sulfonamides is 2. The third-order valence-corrected chi connectivity index (χ3v) is 9.44. The third-order valence-electron chi connectivity index (χ3n) is 6.46. The fourth-order valence-corrected chi connectivity index (χ4v) is 7.42. The van der Waals surface area contributed by atoms with E-state index in [0.717, 1.165) is 12.1 Å². The van der Waals surface area contributed by atoms with Crippen LogP contribution in [0, 0.1) is 0 Å².